The zero-order valence-corrected chi connectivity index (χ0v) is 14.5. The van der Waals surface area contributed by atoms with Crippen LogP contribution in [-0.2, 0) is 18.3 Å². The standard InChI is InChI=1S/C17H22N4O4/c1-21-11-13(17(20-21)25-3)16(23)19-10-15(22)18-9-8-12-6-4-5-7-14(12)24-2/h4-7,11H,8-10H2,1-3H3,(H,18,22)(H,19,23). The molecule has 8 heteroatoms. The Kier molecular flexibility index (Phi) is 6.39. The highest BCUT2D eigenvalue weighted by atomic mass is 16.5. The number of carbonyl (C=O) groups excluding carboxylic acids is 2. The van der Waals surface area contributed by atoms with Gasteiger partial charge in [-0.1, -0.05) is 18.2 Å². The van der Waals surface area contributed by atoms with Gasteiger partial charge in [-0.25, -0.2) is 0 Å². The summed E-state index contributed by atoms with van der Waals surface area (Å²) in [7, 11) is 4.73. The summed E-state index contributed by atoms with van der Waals surface area (Å²) in [5, 5.41) is 9.31. The first-order valence-corrected chi connectivity index (χ1v) is 7.79. The van der Waals surface area contributed by atoms with Crippen molar-refractivity contribution in [1.29, 1.82) is 0 Å². The van der Waals surface area contributed by atoms with Crippen LogP contribution < -0.4 is 20.1 Å². The molecule has 1 aromatic carbocycles. The van der Waals surface area contributed by atoms with Gasteiger partial charge in [-0.05, 0) is 18.1 Å². The third kappa shape index (κ3) is 4.97. The van der Waals surface area contributed by atoms with Crippen LogP contribution in [0.2, 0.25) is 0 Å². The van der Waals surface area contributed by atoms with Crippen LogP contribution in [0.5, 0.6) is 11.6 Å². The lowest BCUT2D eigenvalue weighted by molar-refractivity contribution is -0.120. The molecule has 0 fully saturated rings. The average Bonchev–Trinajstić information content (AvgIpc) is 3.01. The Balaban J connectivity index is 1.78. The zero-order chi connectivity index (χ0) is 18.2. The molecule has 0 saturated heterocycles. The monoisotopic (exact) mass is 346 g/mol. The molecular formula is C17H22N4O4. The van der Waals surface area contributed by atoms with Gasteiger partial charge in [0, 0.05) is 19.8 Å². The number of hydrogen-bond donors (Lipinski definition) is 2. The number of rotatable bonds is 8. The third-order valence-corrected chi connectivity index (χ3v) is 3.55. The summed E-state index contributed by atoms with van der Waals surface area (Å²) in [6, 6.07) is 7.63. The van der Waals surface area contributed by atoms with Gasteiger partial charge in [0.15, 0.2) is 0 Å². The van der Waals surface area contributed by atoms with Crippen molar-refractivity contribution < 1.29 is 19.1 Å². The molecule has 2 amide bonds. The number of carbonyl (C=O) groups is 2. The largest absolute Gasteiger partial charge is 0.496 e. The van der Waals surface area contributed by atoms with Gasteiger partial charge in [-0.2, -0.15) is 0 Å². The molecule has 0 aliphatic heterocycles. The van der Waals surface area contributed by atoms with Crippen molar-refractivity contribution in [3.05, 3.63) is 41.6 Å². The van der Waals surface area contributed by atoms with Gasteiger partial charge in [-0.3, -0.25) is 14.3 Å². The van der Waals surface area contributed by atoms with E-state index < -0.39 is 5.91 Å². The minimum Gasteiger partial charge on any atom is -0.496 e. The van der Waals surface area contributed by atoms with Crippen LogP contribution >= 0.6 is 0 Å². The second kappa shape index (κ2) is 8.72. The molecule has 0 bridgehead atoms. The van der Waals surface area contributed by atoms with Crippen LogP contribution in [-0.4, -0.2) is 48.9 Å². The van der Waals surface area contributed by atoms with E-state index in [1.54, 1.807) is 14.2 Å². The van der Waals surface area contributed by atoms with E-state index in [2.05, 4.69) is 15.7 Å². The maximum Gasteiger partial charge on any atom is 0.258 e. The molecular weight excluding hydrogens is 324 g/mol. The second-order valence-corrected chi connectivity index (χ2v) is 5.32. The molecule has 2 N–H and O–H groups in total. The van der Waals surface area contributed by atoms with E-state index in [4.69, 9.17) is 9.47 Å². The third-order valence-electron chi connectivity index (χ3n) is 3.55. The van der Waals surface area contributed by atoms with Crippen LogP contribution in [0.15, 0.2) is 30.5 Å². The second-order valence-electron chi connectivity index (χ2n) is 5.32. The van der Waals surface area contributed by atoms with Crippen molar-refractivity contribution in [2.75, 3.05) is 27.3 Å². The molecule has 2 rings (SSSR count). The first kappa shape index (κ1) is 18.3. The molecule has 0 aliphatic carbocycles. The van der Waals surface area contributed by atoms with Crippen LogP contribution in [0.25, 0.3) is 0 Å². The first-order valence-electron chi connectivity index (χ1n) is 7.79. The summed E-state index contributed by atoms with van der Waals surface area (Å²) < 4.78 is 11.8. The van der Waals surface area contributed by atoms with Crippen molar-refractivity contribution in [2.45, 2.75) is 6.42 Å². The topological polar surface area (TPSA) is 94.5 Å². The van der Waals surface area contributed by atoms with Crippen LogP contribution in [0.3, 0.4) is 0 Å². The predicted molar refractivity (Wildman–Crippen MR) is 91.8 cm³/mol. The van der Waals surface area contributed by atoms with E-state index >= 15 is 0 Å². The molecule has 0 unspecified atom stereocenters. The molecule has 0 radical (unpaired) electrons. The highest BCUT2D eigenvalue weighted by Crippen LogP contribution is 2.17. The highest BCUT2D eigenvalue weighted by Gasteiger charge is 2.16. The van der Waals surface area contributed by atoms with E-state index in [0.717, 1.165) is 11.3 Å². The molecule has 0 saturated carbocycles. The van der Waals surface area contributed by atoms with Crippen molar-refractivity contribution in [2.24, 2.45) is 7.05 Å². The normalized spacial score (nSPS) is 10.2. The Labute approximate surface area is 146 Å². The molecule has 0 atom stereocenters. The zero-order valence-electron chi connectivity index (χ0n) is 14.5. The maximum absolute atomic E-state index is 12.1. The summed E-state index contributed by atoms with van der Waals surface area (Å²) in [5.41, 5.74) is 1.29. The molecule has 8 nitrogen and oxygen atoms in total. The molecule has 25 heavy (non-hydrogen) atoms. The quantitative estimate of drug-likeness (QED) is 0.727. The number of ether oxygens (including phenoxy) is 2. The minimum absolute atomic E-state index is 0.122. The minimum atomic E-state index is -0.412. The number of hydrogen-bond acceptors (Lipinski definition) is 5. The van der Waals surface area contributed by atoms with Gasteiger partial charge in [0.05, 0.1) is 20.8 Å². The van der Waals surface area contributed by atoms with E-state index in [1.165, 1.54) is 18.0 Å². The fourth-order valence-corrected chi connectivity index (χ4v) is 2.34. The SMILES string of the molecule is COc1ccccc1CCNC(=O)CNC(=O)c1cn(C)nc1OC. The van der Waals surface area contributed by atoms with Gasteiger partial charge in [0.2, 0.25) is 11.8 Å². The van der Waals surface area contributed by atoms with Gasteiger partial charge in [0.25, 0.3) is 5.91 Å². The lowest BCUT2D eigenvalue weighted by Crippen LogP contribution is -2.37. The Morgan fingerprint density at radius 2 is 1.92 bits per heavy atom. The van der Waals surface area contributed by atoms with Gasteiger partial charge < -0.3 is 20.1 Å². The van der Waals surface area contributed by atoms with E-state index in [9.17, 15) is 9.59 Å². The van der Waals surface area contributed by atoms with Crippen molar-refractivity contribution in [3.8, 4) is 11.6 Å². The van der Waals surface area contributed by atoms with Gasteiger partial charge in [0.1, 0.15) is 11.3 Å². The lowest BCUT2D eigenvalue weighted by atomic mass is 10.1. The number of amides is 2. The number of benzene rings is 1. The van der Waals surface area contributed by atoms with Crippen LogP contribution in [0.1, 0.15) is 15.9 Å². The summed E-state index contributed by atoms with van der Waals surface area (Å²) >= 11 is 0. The van der Waals surface area contributed by atoms with E-state index in [-0.39, 0.29) is 23.9 Å². The highest BCUT2D eigenvalue weighted by molar-refractivity contribution is 5.98. The van der Waals surface area contributed by atoms with E-state index in [0.29, 0.717) is 13.0 Å². The molecule has 0 spiro atoms. The number of methoxy groups -OCH3 is 2. The predicted octanol–water partition coefficient (Wildman–Crippen LogP) is 0.526. The van der Waals surface area contributed by atoms with Crippen LogP contribution in [0, 0.1) is 0 Å². The summed E-state index contributed by atoms with van der Waals surface area (Å²) in [6.07, 6.45) is 2.17. The van der Waals surface area contributed by atoms with Gasteiger partial charge in [-0.15, -0.1) is 5.10 Å². The summed E-state index contributed by atoms with van der Waals surface area (Å²) in [6.45, 7) is 0.327. The van der Waals surface area contributed by atoms with Crippen molar-refractivity contribution in [1.82, 2.24) is 20.4 Å². The fraction of sp³-hybridized carbons (Fsp3) is 0.353. The fourth-order valence-electron chi connectivity index (χ4n) is 2.34. The summed E-state index contributed by atoms with van der Waals surface area (Å²) in [4.78, 5) is 24.0. The van der Waals surface area contributed by atoms with E-state index in [1.807, 2.05) is 24.3 Å². The Bertz CT molecular complexity index is 742. The smallest absolute Gasteiger partial charge is 0.258 e. The van der Waals surface area contributed by atoms with Crippen LogP contribution in [0.4, 0.5) is 0 Å². The Morgan fingerprint density at radius 3 is 2.64 bits per heavy atom. The Morgan fingerprint density at radius 1 is 1.16 bits per heavy atom. The lowest BCUT2D eigenvalue weighted by Gasteiger charge is -2.09. The number of para-hydroxylation sites is 1. The Hall–Kier alpha value is -3.03. The number of nitrogens with zero attached hydrogens (tertiary/aromatic N) is 2. The maximum atomic E-state index is 12.1. The molecule has 0 aliphatic rings. The molecule has 1 heterocycles. The average molecular weight is 346 g/mol. The van der Waals surface area contributed by atoms with Crippen molar-refractivity contribution >= 4 is 11.8 Å². The molecule has 2 aromatic rings. The van der Waals surface area contributed by atoms with Gasteiger partial charge >= 0.3 is 0 Å². The number of aryl methyl sites for hydroxylation is 1. The summed E-state index contributed by atoms with van der Waals surface area (Å²) in [5.74, 6) is 0.321. The number of nitrogens with one attached hydrogen (secondary N) is 2. The number of aromatic nitrogens is 2. The molecule has 1 aromatic heterocycles. The molecule has 134 valence electrons. The first-order chi connectivity index (χ1) is 12.0. The van der Waals surface area contributed by atoms with Crippen molar-refractivity contribution in [3.63, 3.8) is 0 Å².